The molecule has 130 valence electrons. The molecule has 6 heteroatoms. The molecule has 2 aliphatic rings. The van der Waals surface area contributed by atoms with E-state index in [0.29, 0.717) is 0 Å². The van der Waals surface area contributed by atoms with Gasteiger partial charge in [0.15, 0.2) is 0 Å². The molecule has 2 heterocycles. The summed E-state index contributed by atoms with van der Waals surface area (Å²) in [6.45, 7) is 5.73. The van der Waals surface area contributed by atoms with E-state index in [4.69, 9.17) is 4.74 Å². The molecular weight excluding hydrogens is 304 g/mol. The number of carbonyl (C=O) groups is 1. The second-order valence-corrected chi connectivity index (χ2v) is 6.35. The highest BCUT2D eigenvalue weighted by Gasteiger charge is 2.14. The lowest BCUT2D eigenvalue weighted by Gasteiger charge is -2.34. The first-order chi connectivity index (χ1) is 11.7. The van der Waals surface area contributed by atoms with Gasteiger partial charge in [0.25, 0.3) is 0 Å². The Kier molecular flexibility index (Phi) is 5.72. The third kappa shape index (κ3) is 4.72. The Balaban J connectivity index is 1.49. The summed E-state index contributed by atoms with van der Waals surface area (Å²) in [6.07, 6.45) is 3.58. The molecule has 0 bridgehead atoms. The average Bonchev–Trinajstić information content (AvgIpc) is 2.62. The lowest BCUT2D eigenvalue weighted by atomic mass is 10.1. The minimum absolute atomic E-state index is 0.207. The van der Waals surface area contributed by atoms with Gasteiger partial charge in [-0.1, -0.05) is 0 Å². The van der Waals surface area contributed by atoms with Gasteiger partial charge in [-0.15, -0.1) is 0 Å². The summed E-state index contributed by atoms with van der Waals surface area (Å²) < 4.78 is 5.29. The van der Waals surface area contributed by atoms with Crippen molar-refractivity contribution >= 4 is 17.4 Å². The molecule has 2 aliphatic heterocycles. The maximum absolute atomic E-state index is 12.0. The normalized spacial score (nSPS) is 19.0. The lowest BCUT2D eigenvalue weighted by Crippen LogP contribution is -2.44. The Morgan fingerprint density at radius 2 is 1.75 bits per heavy atom. The number of urea groups is 1. The van der Waals surface area contributed by atoms with Crippen LogP contribution in [0.15, 0.2) is 36.0 Å². The van der Waals surface area contributed by atoms with Gasteiger partial charge in [0.2, 0.25) is 0 Å². The molecule has 2 amide bonds. The molecule has 0 aliphatic carbocycles. The highest BCUT2D eigenvalue weighted by molar-refractivity contribution is 5.90. The van der Waals surface area contributed by atoms with Crippen molar-refractivity contribution in [3.8, 4) is 0 Å². The molecule has 1 aromatic rings. The Morgan fingerprint density at radius 3 is 2.42 bits per heavy atom. The van der Waals surface area contributed by atoms with Crippen molar-refractivity contribution < 1.29 is 9.53 Å². The first kappa shape index (κ1) is 16.8. The standard InChI is InChI=1S/C18H26N4O2/c1-21-8-10-22(11-9-21)17-4-2-16(3-5-17)20-18(23)19-14-15-6-12-24-13-7-15/h2-5,14H,6-13H2,1H3,(H2,19,20,23). The first-order valence-corrected chi connectivity index (χ1v) is 8.57. The van der Waals surface area contributed by atoms with Crippen LogP contribution in [0.3, 0.4) is 0 Å². The number of hydrogen-bond acceptors (Lipinski definition) is 4. The maximum atomic E-state index is 12.0. The van der Waals surface area contributed by atoms with Crippen molar-refractivity contribution in [3.63, 3.8) is 0 Å². The number of nitrogens with zero attached hydrogens (tertiary/aromatic N) is 2. The minimum atomic E-state index is -0.207. The summed E-state index contributed by atoms with van der Waals surface area (Å²) in [6, 6.07) is 7.83. The van der Waals surface area contributed by atoms with Crippen LogP contribution in [-0.4, -0.2) is 57.4 Å². The van der Waals surface area contributed by atoms with Crippen molar-refractivity contribution in [1.29, 1.82) is 0 Å². The molecule has 24 heavy (non-hydrogen) atoms. The van der Waals surface area contributed by atoms with Gasteiger partial charge in [0.1, 0.15) is 0 Å². The molecule has 2 fully saturated rings. The number of carbonyl (C=O) groups excluding carboxylic acids is 1. The Morgan fingerprint density at radius 1 is 1.08 bits per heavy atom. The summed E-state index contributed by atoms with van der Waals surface area (Å²) in [4.78, 5) is 16.7. The van der Waals surface area contributed by atoms with E-state index < -0.39 is 0 Å². The van der Waals surface area contributed by atoms with Crippen molar-refractivity contribution in [1.82, 2.24) is 10.2 Å². The van der Waals surface area contributed by atoms with E-state index >= 15 is 0 Å². The van der Waals surface area contributed by atoms with Crippen molar-refractivity contribution in [2.45, 2.75) is 12.8 Å². The van der Waals surface area contributed by atoms with Crippen LogP contribution in [0.1, 0.15) is 12.8 Å². The zero-order valence-corrected chi connectivity index (χ0v) is 14.3. The molecule has 2 saturated heterocycles. The summed E-state index contributed by atoms with van der Waals surface area (Å²) in [7, 11) is 2.15. The fourth-order valence-corrected chi connectivity index (χ4v) is 2.93. The van der Waals surface area contributed by atoms with Gasteiger partial charge in [-0.3, -0.25) is 0 Å². The van der Waals surface area contributed by atoms with Crippen LogP contribution >= 0.6 is 0 Å². The van der Waals surface area contributed by atoms with E-state index in [9.17, 15) is 4.79 Å². The van der Waals surface area contributed by atoms with Gasteiger partial charge >= 0.3 is 6.03 Å². The van der Waals surface area contributed by atoms with Crippen LogP contribution in [0.2, 0.25) is 0 Å². The molecule has 0 aromatic heterocycles. The number of ether oxygens (including phenoxy) is 1. The second kappa shape index (κ2) is 8.17. The zero-order chi connectivity index (χ0) is 16.8. The average molecular weight is 330 g/mol. The van der Waals surface area contributed by atoms with E-state index in [1.54, 1.807) is 6.20 Å². The van der Waals surface area contributed by atoms with Gasteiger partial charge in [-0.05, 0) is 49.7 Å². The predicted octanol–water partition coefficient (Wildman–Crippen LogP) is 2.25. The molecule has 0 atom stereocenters. The van der Waals surface area contributed by atoms with E-state index in [1.807, 2.05) is 12.1 Å². The minimum Gasteiger partial charge on any atom is -0.381 e. The number of amides is 2. The molecule has 0 saturated carbocycles. The number of nitrogens with one attached hydrogen (secondary N) is 2. The van der Waals surface area contributed by atoms with Crippen LogP contribution in [0, 0.1) is 0 Å². The van der Waals surface area contributed by atoms with Gasteiger partial charge in [0, 0.05) is 43.8 Å². The Hall–Kier alpha value is -2.05. The van der Waals surface area contributed by atoms with Crippen LogP contribution in [0.4, 0.5) is 16.2 Å². The number of rotatable bonds is 3. The molecule has 3 rings (SSSR count). The quantitative estimate of drug-likeness (QED) is 0.892. The lowest BCUT2D eigenvalue weighted by molar-refractivity contribution is 0.119. The fraction of sp³-hybridized carbons (Fsp3) is 0.500. The third-order valence-corrected chi connectivity index (χ3v) is 4.54. The topological polar surface area (TPSA) is 56.8 Å². The molecule has 0 spiro atoms. The second-order valence-electron chi connectivity index (χ2n) is 6.35. The highest BCUT2D eigenvalue weighted by atomic mass is 16.5. The van der Waals surface area contributed by atoms with Gasteiger partial charge in [-0.2, -0.15) is 0 Å². The van der Waals surface area contributed by atoms with Crippen LogP contribution < -0.4 is 15.5 Å². The third-order valence-electron chi connectivity index (χ3n) is 4.54. The van der Waals surface area contributed by atoms with E-state index in [0.717, 1.165) is 57.9 Å². The number of hydrogen-bond donors (Lipinski definition) is 2. The van der Waals surface area contributed by atoms with Crippen molar-refractivity contribution in [2.75, 3.05) is 56.7 Å². The van der Waals surface area contributed by atoms with Crippen molar-refractivity contribution in [2.24, 2.45) is 0 Å². The van der Waals surface area contributed by atoms with Crippen molar-refractivity contribution in [3.05, 3.63) is 36.0 Å². The van der Waals surface area contributed by atoms with Gasteiger partial charge in [-0.25, -0.2) is 4.79 Å². The summed E-state index contributed by atoms with van der Waals surface area (Å²) in [5.74, 6) is 0. The van der Waals surface area contributed by atoms with E-state index in [-0.39, 0.29) is 6.03 Å². The molecule has 1 aromatic carbocycles. The van der Waals surface area contributed by atoms with Gasteiger partial charge in [0.05, 0.1) is 13.2 Å². The molecular formula is C18H26N4O2. The van der Waals surface area contributed by atoms with E-state index in [2.05, 4.69) is 39.6 Å². The SMILES string of the molecule is CN1CCN(c2ccc(NC(=O)NC=C3CCOCC3)cc2)CC1. The van der Waals surface area contributed by atoms with Gasteiger partial charge < -0.3 is 25.2 Å². The molecule has 2 N–H and O–H groups in total. The number of piperazine rings is 1. The number of likely N-dealkylation sites (N-methyl/N-ethyl adjacent to an activating group) is 1. The Bertz CT molecular complexity index is 569. The summed E-state index contributed by atoms with van der Waals surface area (Å²) >= 11 is 0. The first-order valence-electron chi connectivity index (χ1n) is 8.57. The van der Waals surface area contributed by atoms with Crippen LogP contribution in [-0.2, 0) is 4.74 Å². The molecule has 0 unspecified atom stereocenters. The maximum Gasteiger partial charge on any atom is 0.323 e. The summed E-state index contributed by atoms with van der Waals surface area (Å²) in [5.41, 5.74) is 3.23. The smallest absolute Gasteiger partial charge is 0.323 e. The summed E-state index contributed by atoms with van der Waals surface area (Å²) in [5, 5.41) is 5.67. The predicted molar refractivity (Wildman–Crippen MR) is 96.4 cm³/mol. The van der Waals surface area contributed by atoms with E-state index in [1.165, 1.54) is 11.3 Å². The van der Waals surface area contributed by atoms with Crippen LogP contribution in [0.5, 0.6) is 0 Å². The number of anilines is 2. The highest BCUT2D eigenvalue weighted by Crippen LogP contribution is 2.19. The number of benzene rings is 1. The molecule has 6 nitrogen and oxygen atoms in total. The monoisotopic (exact) mass is 330 g/mol. The fourth-order valence-electron chi connectivity index (χ4n) is 2.93. The largest absolute Gasteiger partial charge is 0.381 e. The Labute approximate surface area is 143 Å². The zero-order valence-electron chi connectivity index (χ0n) is 14.3. The molecule has 0 radical (unpaired) electrons. The van der Waals surface area contributed by atoms with Crippen LogP contribution in [0.25, 0.3) is 0 Å².